The maximum atomic E-state index is 12.1. The summed E-state index contributed by atoms with van der Waals surface area (Å²) >= 11 is 3.51. The molecule has 1 saturated heterocycles. The van der Waals surface area contributed by atoms with Crippen LogP contribution in [-0.4, -0.2) is 49.6 Å². The Kier molecular flexibility index (Phi) is 5.19. The fourth-order valence-corrected chi connectivity index (χ4v) is 3.79. The molecule has 1 amide bonds. The number of likely N-dealkylation sites (tertiary alicyclic amines) is 1. The third kappa shape index (κ3) is 3.67. The summed E-state index contributed by atoms with van der Waals surface area (Å²) in [4.78, 5) is 16.2. The van der Waals surface area contributed by atoms with E-state index in [1.165, 1.54) is 11.3 Å². The lowest BCUT2D eigenvalue weighted by Gasteiger charge is -2.22. The molecule has 3 rings (SSSR count). The Balaban J connectivity index is 1.43. The topological polar surface area (TPSA) is 59.4 Å². The number of hydrogen-bond donors (Lipinski definition) is 1. The summed E-state index contributed by atoms with van der Waals surface area (Å²) < 4.78 is 1.12. The van der Waals surface area contributed by atoms with Crippen molar-refractivity contribution in [1.82, 2.24) is 10.2 Å². The van der Waals surface area contributed by atoms with Crippen LogP contribution < -0.4 is 10.2 Å². The monoisotopic (exact) mass is 376 g/mol. The number of benzene rings is 1. The van der Waals surface area contributed by atoms with E-state index in [4.69, 9.17) is 5.26 Å². The van der Waals surface area contributed by atoms with Crippen molar-refractivity contribution in [3.05, 3.63) is 28.2 Å². The van der Waals surface area contributed by atoms with Crippen molar-refractivity contribution in [2.75, 3.05) is 37.6 Å². The average molecular weight is 377 g/mol. The van der Waals surface area contributed by atoms with Crippen LogP contribution in [0.25, 0.3) is 0 Å². The number of carbonyl (C=O) groups excluding carboxylic acids is 1. The number of anilines is 1. The molecule has 0 aliphatic carbocycles. The Morgan fingerprint density at radius 3 is 3.13 bits per heavy atom. The molecule has 0 spiro atoms. The highest BCUT2D eigenvalue weighted by Crippen LogP contribution is 2.29. The minimum absolute atomic E-state index is 0.0415. The molecule has 122 valence electrons. The molecule has 0 radical (unpaired) electrons. The first-order valence-electron chi connectivity index (χ1n) is 8.12. The summed E-state index contributed by atoms with van der Waals surface area (Å²) in [7, 11) is 0. The van der Waals surface area contributed by atoms with Crippen LogP contribution in [0.5, 0.6) is 0 Å². The second-order valence-electron chi connectivity index (χ2n) is 6.06. The standard InChI is InChI=1S/C17H21BrN4O/c18-14-3-4-16-13(10-14)5-8-21(16)9-6-20-12-17(23)22-7-1-2-15(22)11-19/h3-4,10,15,20H,1-2,5-9,12H2/t15-/m0/s1. The lowest BCUT2D eigenvalue weighted by molar-refractivity contribution is -0.130. The molecule has 2 aliphatic rings. The Morgan fingerprint density at radius 2 is 2.30 bits per heavy atom. The normalized spacial score (nSPS) is 19.7. The van der Waals surface area contributed by atoms with Crippen molar-refractivity contribution in [2.24, 2.45) is 0 Å². The van der Waals surface area contributed by atoms with Gasteiger partial charge < -0.3 is 15.1 Å². The van der Waals surface area contributed by atoms with Crippen LogP contribution in [0, 0.1) is 11.3 Å². The first-order chi connectivity index (χ1) is 11.2. The van der Waals surface area contributed by atoms with Gasteiger partial charge >= 0.3 is 0 Å². The van der Waals surface area contributed by atoms with Crippen LogP contribution in [0.4, 0.5) is 5.69 Å². The van der Waals surface area contributed by atoms with Crippen LogP contribution >= 0.6 is 15.9 Å². The molecule has 1 atom stereocenters. The number of carbonyl (C=O) groups is 1. The third-order valence-electron chi connectivity index (χ3n) is 4.59. The molecule has 23 heavy (non-hydrogen) atoms. The van der Waals surface area contributed by atoms with Crippen molar-refractivity contribution in [1.29, 1.82) is 5.26 Å². The summed E-state index contributed by atoms with van der Waals surface area (Å²) in [5.41, 5.74) is 2.68. The number of fused-ring (bicyclic) bond motifs is 1. The van der Waals surface area contributed by atoms with Gasteiger partial charge in [-0.2, -0.15) is 5.26 Å². The van der Waals surface area contributed by atoms with E-state index >= 15 is 0 Å². The van der Waals surface area contributed by atoms with Gasteiger partial charge in [-0.05, 0) is 43.0 Å². The summed E-state index contributed by atoms with van der Waals surface area (Å²) in [5.74, 6) is 0.0415. The van der Waals surface area contributed by atoms with Gasteiger partial charge in [0, 0.05) is 36.3 Å². The van der Waals surface area contributed by atoms with Crippen molar-refractivity contribution in [3.63, 3.8) is 0 Å². The molecule has 2 heterocycles. The van der Waals surface area contributed by atoms with Gasteiger partial charge in [-0.25, -0.2) is 0 Å². The van der Waals surface area contributed by atoms with Crippen molar-refractivity contribution in [2.45, 2.75) is 25.3 Å². The number of hydrogen-bond acceptors (Lipinski definition) is 4. The molecule has 1 aromatic carbocycles. The quantitative estimate of drug-likeness (QED) is 0.797. The lowest BCUT2D eigenvalue weighted by Crippen LogP contribution is -2.42. The van der Waals surface area contributed by atoms with Gasteiger partial charge in [0.2, 0.25) is 5.91 Å². The van der Waals surface area contributed by atoms with Gasteiger partial charge in [0.15, 0.2) is 0 Å². The van der Waals surface area contributed by atoms with Gasteiger partial charge in [0.1, 0.15) is 6.04 Å². The van der Waals surface area contributed by atoms with E-state index in [0.29, 0.717) is 13.1 Å². The van der Waals surface area contributed by atoms with Crippen LogP contribution in [-0.2, 0) is 11.2 Å². The molecule has 0 bridgehead atoms. The molecule has 1 fully saturated rings. The molecular weight excluding hydrogens is 356 g/mol. The maximum absolute atomic E-state index is 12.1. The zero-order chi connectivity index (χ0) is 16.2. The fourth-order valence-electron chi connectivity index (χ4n) is 3.38. The zero-order valence-electron chi connectivity index (χ0n) is 13.1. The minimum atomic E-state index is -0.229. The highest BCUT2D eigenvalue weighted by molar-refractivity contribution is 9.10. The van der Waals surface area contributed by atoms with Gasteiger partial charge in [-0.15, -0.1) is 0 Å². The van der Waals surface area contributed by atoms with E-state index in [-0.39, 0.29) is 11.9 Å². The lowest BCUT2D eigenvalue weighted by atomic mass is 10.2. The molecular formula is C17H21BrN4O. The van der Waals surface area contributed by atoms with Gasteiger partial charge in [-0.1, -0.05) is 15.9 Å². The summed E-state index contributed by atoms with van der Waals surface area (Å²) in [6, 6.07) is 8.39. The molecule has 2 aliphatic heterocycles. The molecule has 0 unspecified atom stereocenters. The molecule has 6 heteroatoms. The number of amides is 1. The Bertz CT molecular complexity index is 628. The molecule has 0 saturated carbocycles. The SMILES string of the molecule is N#C[C@@H]1CCCN1C(=O)CNCCN1CCc2cc(Br)ccc21. The maximum Gasteiger partial charge on any atom is 0.237 e. The minimum Gasteiger partial charge on any atom is -0.370 e. The Labute approximate surface area is 145 Å². The largest absolute Gasteiger partial charge is 0.370 e. The predicted molar refractivity (Wildman–Crippen MR) is 93.3 cm³/mol. The summed E-state index contributed by atoms with van der Waals surface area (Å²) in [5, 5.41) is 12.3. The second-order valence-corrected chi connectivity index (χ2v) is 6.98. The molecule has 1 N–H and O–H groups in total. The first kappa shape index (κ1) is 16.3. The van der Waals surface area contributed by atoms with E-state index in [1.807, 2.05) is 0 Å². The van der Waals surface area contributed by atoms with Gasteiger partial charge in [0.05, 0.1) is 12.6 Å². The first-order valence-corrected chi connectivity index (χ1v) is 8.91. The molecule has 1 aromatic rings. The average Bonchev–Trinajstić information content (AvgIpc) is 3.17. The second kappa shape index (κ2) is 7.33. The van der Waals surface area contributed by atoms with Crippen LogP contribution in [0.2, 0.25) is 0 Å². The number of nitrogens with one attached hydrogen (secondary N) is 1. The summed E-state index contributed by atoms with van der Waals surface area (Å²) in [6.07, 6.45) is 2.82. The number of rotatable bonds is 5. The molecule has 5 nitrogen and oxygen atoms in total. The van der Waals surface area contributed by atoms with E-state index < -0.39 is 0 Å². The van der Waals surface area contributed by atoms with E-state index in [0.717, 1.165) is 43.4 Å². The predicted octanol–water partition coefficient (Wildman–Crippen LogP) is 1.92. The smallest absolute Gasteiger partial charge is 0.237 e. The van der Waals surface area contributed by atoms with Gasteiger partial charge in [-0.3, -0.25) is 4.79 Å². The van der Waals surface area contributed by atoms with E-state index in [2.05, 4.69) is 50.4 Å². The van der Waals surface area contributed by atoms with E-state index in [9.17, 15) is 4.79 Å². The van der Waals surface area contributed by atoms with Crippen LogP contribution in [0.1, 0.15) is 18.4 Å². The third-order valence-corrected chi connectivity index (χ3v) is 5.08. The number of nitrogens with zero attached hydrogens (tertiary/aromatic N) is 3. The van der Waals surface area contributed by atoms with Crippen LogP contribution in [0.15, 0.2) is 22.7 Å². The van der Waals surface area contributed by atoms with Crippen molar-refractivity contribution >= 4 is 27.5 Å². The Hall–Kier alpha value is -1.58. The van der Waals surface area contributed by atoms with Crippen LogP contribution in [0.3, 0.4) is 0 Å². The highest BCUT2D eigenvalue weighted by atomic mass is 79.9. The highest BCUT2D eigenvalue weighted by Gasteiger charge is 2.28. The Morgan fingerprint density at radius 1 is 1.43 bits per heavy atom. The van der Waals surface area contributed by atoms with Gasteiger partial charge in [0.25, 0.3) is 0 Å². The zero-order valence-corrected chi connectivity index (χ0v) is 14.7. The van der Waals surface area contributed by atoms with E-state index in [1.54, 1.807) is 4.90 Å². The summed E-state index contributed by atoms with van der Waals surface area (Å²) in [6.45, 7) is 3.73. The molecule has 0 aromatic heterocycles. The van der Waals surface area contributed by atoms with Crippen molar-refractivity contribution in [3.8, 4) is 6.07 Å². The number of nitriles is 1. The number of halogens is 1. The fraction of sp³-hybridized carbons (Fsp3) is 0.529. The van der Waals surface area contributed by atoms with Crippen molar-refractivity contribution < 1.29 is 4.79 Å².